The molecule has 13 heteroatoms. The second kappa shape index (κ2) is 11.0. The van der Waals surface area contributed by atoms with Crippen LogP contribution in [0.25, 0.3) is 10.4 Å². The Labute approximate surface area is 196 Å². The molecule has 2 aromatic carbocycles. The quantitative estimate of drug-likeness (QED) is 0.129. The number of carbonyl (C=O) groups excluding carboxylic acids is 1. The Morgan fingerprint density at radius 2 is 1.94 bits per heavy atom. The third-order valence-electron chi connectivity index (χ3n) is 5.21. The number of rotatable bonds is 9. The second-order valence-corrected chi connectivity index (χ2v) is 9.46. The summed E-state index contributed by atoms with van der Waals surface area (Å²) in [6.45, 7) is 0.129. The molecule has 0 saturated carbocycles. The average Bonchev–Trinajstić information content (AvgIpc) is 3.16. The van der Waals surface area contributed by atoms with E-state index in [2.05, 4.69) is 10.0 Å². The second-order valence-electron chi connectivity index (χ2n) is 7.86. The van der Waals surface area contributed by atoms with Crippen LogP contribution in [0.1, 0.15) is 23.1 Å². The number of nitro groups is 1. The molecular formula is C21H23N5O7S. The fraction of sp³-hybridized carbons (Fsp3) is 0.381. The Hall–Kier alpha value is -3.67. The van der Waals surface area contributed by atoms with Crippen LogP contribution in [-0.4, -0.2) is 49.3 Å². The molecule has 0 unspecified atom stereocenters. The molecule has 1 amide bonds. The van der Waals surface area contributed by atoms with Crippen molar-refractivity contribution in [3.63, 3.8) is 0 Å². The predicted molar refractivity (Wildman–Crippen MR) is 121 cm³/mol. The molecule has 2 atom stereocenters. The van der Waals surface area contributed by atoms with Crippen molar-refractivity contribution < 1.29 is 27.1 Å². The van der Waals surface area contributed by atoms with E-state index in [-0.39, 0.29) is 31.4 Å². The van der Waals surface area contributed by atoms with Crippen LogP contribution in [0.5, 0.6) is 0 Å². The molecule has 0 aromatic heterocycles. The van der Waals surface area contributed by atoms with Crippen LogP contribution >= 0.6 is 0 Å². The van der Waals surface area contributed by atoms with Gasteiger partial charge in [0.1, 0.15) is 6.61 Å². The van der Waals surface area contributed by atoms with Crippen molar-refractivity contribution >= 4 is 21.9 Å². The molecule has 180 valence electrons. The van der Waals surface area contributed by atoms with Gasteiger partial charge in [-0.15, -0.1) is 0 Å². The Bertz CT molecular complexity index is 1200. The lowest BCUT2D eigenvalue weighted by molar-refractivity contribution is -0.384. The summed E-state index contributed by atoms with van der Waals surface area (Å²) in [7, 11) is -3.72. The summed E-state index contributed by atoms with van der Waals surface area (Å²) in [5.74, 6) is 0. The van der Waals surface area contributed by atoms with Gasteiger partial charge in [0, 0.05) is 23.1 Å². The van der Waals surface area contributed by atoms with Gasteiger partial charge >= 0.3 is 6.09 Å². The molecular weight excluding hydrogens is 466 g/mol. The Kier molecular flexibility index (Phi) is 8.05. The van der Waals surface area contributed by atoms with Crippen molar-refractivity contribution in [2.75, 3.05) is 12.8 Å². The lowest BCUT2D eigenvalue weighted by Crippen LogP contribution is -2.37. The summed E-state index contributed by atoms with van der Waals surface area (Å²) < 4.78 is 33.7. The van der Waals surface area contributed by atoms with Gasteiger partial charge in [-0.25, -0.2) is 4.79 Å². The fourth-order valence-electron chi connectivity index (χ4n) is 3.79. The van der Waals surface area contributed by atoms with E-state index in [0.29, 0.717) is 18.4 Å². The lowest BCUT2D eigenvalue weighted by Gasteiger charge is -2.24. The molecule has 0 spiro atoms. The number of hydrogen-bond acceptors (Lipinski definition) is 8. The smallest absolute Gasteiger partial charge is 0.410 e. The van der Waals surface area contributed by atoms with Gasteiger partial charge in [0.05, 0.1) is 30.4 Å². The van der Waals surface area contributed by atoms with Gasteiger partial charge in [-0.05, 0) is 47.2 Å². The number of benzene rings is 2. The van der Waals surface area contributed by atoms with Gasteiger partial charge in [-0.1, -0.05) is 29.4 Å². The van der Waals surface area contributed by atoms with Crippen LogP contribution in [-0.2, 0) is 38.6 Å². The summed E-state index contributed by atoms with van der Waals surface area (Å²) in [6.07, 6.45) is 0.309. The monoisotopic (exact) mass is 489 g/mol. The molecule has 12 nitrogen and oxygen atoms in total. The van der Waals surface area contributed by atoms with E-state index >= 15 is 0 Å². The minimum atomic E-state index is -3.72. The van der Waals surface area contributed by atoms with Crippen LogP contribution < -0.4 is 0 Å². The Morgan fingerprint density at radius 3 is 2.59 bits per heavy atom. The molecule has 1 saturated heterocycles. The molecule has 1 aliphatic rings. The summed E-state index contributed by atoms with van der Waals surface area (Å²) in [6, 6.07) is 12.6. The first-order valence-corrected chi connectivity index (χ1v) is 12.1. The number of nitro benzene ring substituents is 1. The summed E-state index contributed by atoms with van der Waals surface area (Å²) in [5.41, 5.74) is 10.7. The Balaban J connectivity index is 1.71. The van der Waals surface area contributed by atoms with Gasteiger partial charge in [0.15, 0.2) is 0 Å². The molecule has 0 radical (unpaired) electrons. The topological polar surface area (TPSA) is 165 Å². The minimum Gasteiger partial charge on any atom is -0.445 e. The molecule has 0 bridgehead atoms. The molecule has 0 aliphatic carbocycles. The maximum absolute atomic E-state index is 12.8. The number of non-ortho nitro benzene ring substituents is 1. The highest BCUT2D eigenvalue weighted by Crippen LogP contribution is 2.26. The van der Waals surface area contributed by atoms with Crippen LogP contribution in [0.3, 0.4) is 0 Å². The van der Waals surface area contributed by atoms with Crippen LogP contribution in [0.2, 0.25) is 0 Å². The zero-order valence-corrected chi connectivity index (χ0v) is 19.1. The van der Waals surface area contributed by atoms with Crippen LogP contribution in [0.15, 0.2) is 53.6 Å². The molecule has 34 heavy (non-hydrogen) atoms. The van der Waals surface area contributed by atoms with Crippen molar-refractivity contribution in [1.82, 2.24) is 4.90 Å². The maximum atomic E-state index is 12.8. The summed E-state index contributed by atoms with van der Waals surface area (Å²) >= 11 is 0. The summed E-state index contributed by atoms with van der Waals surface area (Å²) in [5, 5.41) is 14.3. The van der Waals surface area contributed by atoms with Crippen molar-refractivity contribution in [2.24, 2.45) is 5.11 Å². The third kappa shape index (κ3) is 7.17. The highest BCUT2D eigenvalue weighted by atomic mass is 32.2. The Morgan fingerprint density at radius 1 is 1.24 bits per heavy atom. The van der Waals surface area contributed by atoms with Gasteiger partial charge in [0.2, 0.25) is 0 Å². The van der Waals surface area contributed by atoms with Crippen molar-refractivity contribution in [2.45, 2.75) is 38.1 Å². The van der Waals surface area contributed by atoms with E-state index in [4.69, 9.17) is 14.5 Å². The van der Waals surface area contributed by atoms with Gasteiger partial charge in [0.25, 0.3) is 15.8 Å². The normalized spacial score (nSPS) is 17.7. The SMILES string of the molecule is CS(=O)(=O)O[C@@H]1C[C@@H](Cc2cccc(CN=[N+]=[N-])c2)N(C(=O)OCc2ccc([N+](=O)[O-])cc2)C1. The fourth-order valence-corrected chi connectivity index (χ4v) is 4.42. The first-order chi connectivity index (χ1) is 16.1. The summed E-state index contributed by atoms with van der Waals surface area (Å²) in [4.78, 5) is 27.3. The number of nitrogens with zero attached hydrogens (tertiary/aromatic N) is 5. The first-order valence-electron chi connectivity index (χ1n) is 10.3. The number of likely N-dealkylation sites (tertiary alicyclic amines) is 1. The van der Waals surface area contributed by atoms with Crippen LogP contribution in [0.4, 0.5) is 10.5 Å². The van der Waals surface area contributed by atoms with Crippen molar-refractivity contribution in [3.8, 4) is 0 Å². The molecule has 3 rings (SSSR count). The first kappa shape index (κ1) is 25.0. The predicted octanol–water partition coefficient (Wildman–Crippen LogP) is 3.70. The third-order valence-corrected chi connectivity index (χ3v) is 5.83. The zero-order chi connectivity index (χ0) is 24.7. The number of amides is 1. The average molecular weight is 490 g/mol. The number of ether oxygens (including phenoxy) is 1. The van der Waals surface area contributed by atoms with Crippen molar-refractivity contribution in [1.29, 1.82) is 0 Å². The molecule has 0 N–H and O–H groups in total. The lowest BCUT2D eigenvalue weighted by atomic mass is 10.0. The largest absolute Gasteiger partial charge is 0.445 e. The van der Waals surface area contributed by atoms with E-state index in [9.17, 15) is 23.3 Å². The highest BCUT2D eigenvalue weighted by molar-refractivity contribution is 7.86. The van der Waals surface area contributed by atoms with Gasteiger partial charge in [-0.2, -0.15) is 8.42 Å². The standard InChI is InChI=1S/C21H23N5O7S/c1-34(30,31)33-20-11-19(10-16-3-2-4-17(9-16)12-23-24-22)25(13-20)21(27)32-14-15-5-7-18(8-6-15)26(28)29/h2-9,19-20H,10-14H2,1H3/t19-,20-/m1/s1. The van der Waals surface area contributed by atoms with Gasteiger partial charge < -0.3 is 9.64 Å². The van der Waals surface area contributed by atoms with Gasteiger partial charge in [-0.3, -0.25) is 14.3 Å². The van der Waals surface area contributed by atoms with E-state index in [1.807, 2.05) is 24.3 Å². The molecule has 2 aromatic rings. The van der Waals surface area contributed by atoms with E-state index < -0.39 is 27.2 Å². The maximum Gasteiger partial charge on any atom is 0.410 e. The number of carbonyl (C=O) groups is 1. The van der Waals surface area contributed by atoms with E-state index in [0.717, 1.165) is 17.4 Å². The van der Waals surface area contributed by atoms with Crippen LogP contribution in [0, 0.1) is 10.1 Å². The zero-order valence-electron chi connectivity index (χ0n) is 18.3. The minimum absolute atomic E-state index is 0.0370. The molecule has 1 heterocycles. The molecule has 1 aliphatic heterocycles. The van der Waals surface area contributed by atoms with Crippen molar-refractivity contribution in [3.05, 3.63) is 85.8 Å². The van der Waals surface area contributed by atoms with E-state index in [1.54, 1.807) is 0 Å². The van der Waals surface area contributed by atoms with E-state index in [1.165, 1.54) is 29.2 Å². The molecule has 1 fully saturated rings. The highest BCUT2D eigenvalue weighted by Gasteiger charge is 2.38. The number of hydrogen-bond donors (Lipinski definition) is 0. The number of azide groups is 1.